The highest BCUT2D eigenvalue weighted by Crippen LogP contribution is 2.29. The lowest BCUT2D eigenvalue weighted by atomic mass is 10.0. The van der Waals surface area contributed by atoms with Gasteiger partial charge in [-0.1, -0.05) is 19.8 Å². The maximum atomic E-state index is 13.6. The van der Waals surface area contributed by atoms with Crippen molar-refractivity contribution < 1.29 is 41.0 Å². The summed E-state index contributed by atoms with van der Waals surface area (Å²) in [4.78, 5) is 23.5. The molecule has 1 aromatic carbocycles. The number of hydrogen-bond acceptors (Lipinski definition) is 4. The SMILES string of the molecule is C#CCOC(=O)N[C@@H](CC(C)C)C(=O)Oc1c(F)c(F)c(F)c(F)c1F. The fourth-order valence-electron chi connectivity index (χ4n) is 1.82. The van der Waals surface area contributed by atoms with Gasteiger partial charge in [0.15, 0.2) is 6.61 Å². The molecule has 1 amide bonds. The largest absolute Gasteiger partial charge is 0.436 e. The van der Waals surface area contributed by atoms with Crippen LogP contribution in [0.2, 0.25) is 0 Å². The average molecular weight is 379 g/mol. The fourth-order valence-corrected chi connectivity index (χ4v) is 1.82. The molecule has 0 aliphatic heterocycles. The van der Waals surface area contributed by atoms with Crippen LogP contribution in [0.15, 0.2) is 0 Å². The van der Waals surface area contributed by atoms with Crippen LogP contribution in [0, 0.1) is 47.3 Å². The lowest BCUT2D eigenvalue weighted by Gasteiger charge is -2.19. The summed E-state index contributed by atoms with van der Waals surface area (Å²) >= 11 is 0. The van der Waals surface area contributed by atoms with Crippen LogP contribution in [0.25, 0.3) is 0 Å². The Morgan fingerprint density at radius 3 is 2.00 bits per heavy atom. The lowest BCUT2D eigenvalue weighted by Crippen LogP contribution is -2.44. The van der Waals surface area contributed by atoms with Crippen molar-refractivity contribution in [1.82, 2.24) is 5.32 Å². The second kappa shape index (κ2) is 9.03. The monoisotopic (exact) mass is 379 g/mol. The van der Waals surface area contributed by atoms with E-state index in [-0.39, 0.29) is 12.3 Å². The summed E-state index contributed by atoms with van der Waals surface area (Å²) in [6.45, 7) is 2.88. The highest BCUT2D eigenvalue weighted by molar-refractivity contribution is 5.83. The zero-order valence-corrected chi connectivity index (χ0v) is 13.7. The van der Waals surface area contributed by atoms with Gasteiger partial charge in [-0.3, -0.25) is 0 Å². The number of alkyl carbamates (subject to hydrolysis) is 1. The van der Waals surface area contributed by atoms with Gasteiger partial charge in [0.25, 0.3) is 0 Å². The molecular formula is C16H14F5NO4. The van der Waals surface area contributed by atoms with Crippen molar-refractivity contribution in [2.45, 2.75) is 26.3 Å². The first-order chi connectivity index (χ1) is 12.1. The summed E-state index contributed by atoms with van der Waals surface area (Å²) in [5.74, 6) is -13.0. The van der Waals surface area contributed by atoms with Gasteiger partial charge in [-0.05, 0) is 12.3 Å². The van der Waals surface area contributed by atoms with E-state index < -0.39 is 59.5 Å². The second-order valence-corrected chi connectivity index (χ2v) is 5.43. The number of nitrogens with one attached hydrogen (secondary N) is 1. The summed E-state index contributed by atoms with van der Waals surface area (Å²) < 4.78 is 75.3. The summed E-state index contributed by atoms with van der Waals surface area (Å²) in [6.07, 6.45) is 3.70. The Morgan fingerprint density at radius 2 is 1.54 bits per heavy atom. The van der Waals surface area contributed by atoms with Crippen LogP contribution in [0.1, 0.15) is 20.3 Å². The van der Waals surface area contributed by atoms with Crippen LogP contribution >= 0.6 is 0 Å². The first-order valence-corrected chi connectivity index (χ1v) is 7.19. The number of hydrogen-bond donors (Lipinski definition) is 1. The van der Waals surface area contributed by atoms with E-state index in [4.69, 9.17) is 6.42 Å². The van der Waals surface area contributed by atoms with Crippen molar-refractivity contribution in [3.63, 3.8) is 0 Å². The van der Waals surface area contributed by atoms with Gasteiger partial charge in [-0.2, -0.15) is 8.78 Å². The Labute approximate surface area is 145 Å². The van der Waals surface area contributed by atoms with Crippen molar-refractivity contribution in [3.8, 4) is 18.1 Å². The Kier molecular flexibility index (Phi) is 7.37. The number of benzene rings is 1. The van der Waals surface area contributed by atoms with Crippen LogP contribution in [-0.4, -0.2) is 24.7 Å². The van der Waals surface area contributed by atoms with Gasteiger partial charge < -0.3 is 14.8 Å². The predicted octanol–water partition coefficient (Wildman–Crippen LogP) is 3.06. The molecular weight excluding hydrogens is 365 g/mol. The van der Waals surface area contributed by atoms with Gasteiger partial charge >= 0.3 is 12.1 Å². The smallest absolute Gasteiger partial charge is 0.408 e. The Bertz CT molecular complexity index is 716. The normalized spacial score (nSPS) is 11.7. The summed E-state index contributed by atoms with van der Waals surface area (Å²) in [7, 11) is 0. The minimum absolute atomic E-state index is 0.0701. The molecule has 26 heavy (non-hydrogen) atoms. The molecule has 0 saturated heterocycles. The maximum Gasteiger partial charge on any atom is 0.408 e. The molecule has 0 heterocycles. The van der Waals surface area contributed by atoms with Gasteiger partial charge in [0.1, 0.15) is 6.04 Å². The Morgan fingerprint density at radius 1 is 1.04 bits per heavy atom. The molecule has 0 fully saturated rings. The lowest BCUT2D eigenvalue weighted by molar-refractivity contribution is -0.137. The van der Waals surface area contributed by atoms with Crippen molar-refractivity contribution in [2.75, 3.05) is 6.61 Å². The zero-order valence-electron chi connectivity index (χ0n) is 13.7. The molecule has 0 aliphatic carbocycles. The van der Waals surface area contributed by atoms with Gasteiger partial charge in [0.2, 0.25) is 34.8 Å². The van der Waals surface area contributed by atoms with Crippen LogP contribution in [0.5, 0.6) is 5.75 Å². The number of carbonyl (C=O) groups is 2. The predicted molar refractivity (Wildman–Crippen MR) is 78.4 cm³/mol. The highest BCUT2D eigenvalue weighted by Gasteiger charge is 2.31. The summed E-state index contributed by atoms with van der Waals surface area (Å²) in [5, 5.41) is 2.04. The van der Waals surface area contributed by atoms with E-state index in [1.807, 2.05) is 11.2 Å². The van der Waals surface area contributed by atoms with Crippen molar-refractivity contribution >= 4 is 12.1 Å². The molecule has 1 N–H and O–H groups in total. The molecule has 0 aliphatic rings. The van der Waals surface area contributed by atoms with Gasteiger partial charge in [-0.15, -0.1) is 6.42 Å². The van der Waals surface area contributed by atoms with Crippen molar-refractivity contribution in [1.29, 1.82) is 0 Å². The van der Waals surface area contributed by atoms with E-state index >= 15 is 0 Å². The average Bonchev–Trinajstić information content (AvgIpc) is 2.59. The fraction of sp³-hybridized carbons (Fsp3) is 0.375. The Balaban J connectivity index is 3.07. The minimum Gasteiger partial charge on any atom is -0.436 e. The van der Waals surface area contributed by atoms with Crippen LogP contribution in [0.3, 0.4) is 0 Å². The summed E-state index contributed by atoms with van der Waals surface area (Å²) in [6, 6.07) is -1.48. The van der Waals surface area contributed by atoms with Crippen LogP contribution in [-0.2, 0) is 9.53 Å². The van der Waals surface area contributed by atoms with Crippen molar-refractivity contribution in [2.24, 2.45) is 5.92 Å². The first kappa shape index (κ1) is 21.2. The van der Waals surface area contributed by atoms with E-state index in [0.717, 1.165) is 0 Å². The maximum absolute atomic E-state index is 13.6. The van der Waals surface area contributed by atoms with E-state index in [1.54, 1.807) is 13.8 Å². The number of ether oxygens (including phenoxy) is 2. The molecule has 1 aromatic rings. The number of esters is 1. The molecule has 5 nitrogen and oxygen atoms in total. The first-order valence-electron chi connectivity index (χ1n) is 7.19. The number of amides is 1. The third kappa shape index (κ3) is 5.08. The van der Waals surface area contributed by atoms with E-state index in [0.29, 0.717) is 0 Å². The minimum atomic E-state index is -2.39. The van der Waals surface area contributed by atoms with E-state index in [2.05, 4.69) is 9.47 Å². The molecule has 0 saturated carbocycles. The van der Waals surface area contributed by atoms with E-state index in [9.17, 15) is 31.5 Å². The second-order valence-electron chi connectivity index (χ2n) is 5.43. The molecule has 0 bridgehead atoms. The van der Waals surface area contributed by atoms with Crippen LogP contribution < -0.4 is 10.1 Å². The number of halogens is 5. The molecule has 0 radical (unpaired) electrons. The van der Waals surface area contributed by atoms with Gasteiger partial charge in [0, 0.05) is 0 Å². The third-order valence-corrected chi connectivity index (χ3v) is 2.94. The quantitative estimate of drug-likeness (QED) is 0.206. The van der Waals surface area contributed by atoms with Gasteiger partial charge in [-0.25, -0.2) is 22.8 Å². The Hall–Kier alpha value is -2.83. The molecule has 0 unspecified atom stereocenters. The van der Waals surface area contributed by atoms with Crippen molar-refractivity contribution in [3.05, 3.63) is 29.1 Å². The van der Waals surface area contributed by atoms with Crippen LogP contribution in [0.4, 0.5) is 26.7 Å². The number of carbonyl (C=O) groups excluding carboxylic acids is 2. The molecule has 0 aromatic heterocycles. The number of terminal acetylenes is 1. The standard InChI is InChI=1S/C16H14F5NO4/c1-4-5-25-16(24)22-8(6-7(2)3)15(23)26-14-12(20)10(18)9(17)11(19)13(14)21/h1,7-8H,5-6H2,2-3H3,(H,22,24)/t8-/m0/s1. The number of rotatable bonds is 6. The molecule has 0 spiro atoms. The molecule has 1 atom stereocenters. The van der Waals surface area contributed by atoms with E-state index in [1.165, 1.54) is 0 Å². The highest BCUT2D eigenvalue weighted by atomic mass is 19.2. The molecule has 142 valence electrons. The summed E-state index contributed by atoms with van der Waals surface area (Å²) in [5.41, 5.74) is 0. The topological polar surface area (TPSA) is 64.6 Å². The van der Waals surface area contributed by atoms with Gasteiger partial charge in [0.05, 0.1) is 0 Å². The third-order valence-electron chi connectivity index (χ3n) is 2.94. The molecule has 10 heteroatoms. The zero-order chi connectivity index (χ0) is 20.0. The molecule has 1 rings (SSSR count).